The Morgan fingerprint density at radius 3 is 2.76 bits per heavy atom. The fourth-order valence-electron chi connectivity index (χ4n) is 2.20. The molecular weight excluding hydrogens is 468 g/mol. The summed E-state index contributed by atoms with van der Waals surface area (Å²) in [6.07, 6.45) is 0. The standard InChI is InChI=1S/C18H14Br2N2O2S/c1-11-8-13(24-22-11)10-25-17-5-3-2-4-14(17)18(23)21-16-9-12(19)6-7-15(16)20/h2-9H,10H2,1H3,(H,21,23). The van der Waals surface area contributed by atoms with Crippen LogP contribution in [0.4, 0.5) is 5.69 Å². The number of hydrogen-bond donors (Lipinski definition) is 1. The average molecular weight is 482 g/mol. The second kappa shape index (κ2) is 8.21. The van der Waals surface area contributed by atoms with E-state index in [-0.39, 0.29) is 5.91 Å². The highest BCUT2D eigenvalue weighted by molar-refractivity contribution is 9.11. The van der Waals surface area contributed by atoms with Crippen LogP contribution >= 0.6 is 43.6 Å². The molecule has 0 aliphatic rings. The number of amides is 1. The molecule has 25 heavy (non-hydrogen) atoms. The summed E-state index contributed by atoms with van der Waals surface area (Å²) >= 11 is 8.41. The number of thioether (sulfide) groups is 1. The minimum absolute atomic E-state index is 0.157. The van der Waals surface area contributed by atoms with Gasteiger partial charge < -0.3 is 9.84 Å². The van der Waals surface area contributed by atoms with Crippen LogP contribution in [-0.4, -0.2) is 11.1 Å². The lowest BCUT2D eigenvalue weighted by Gasteiger charge is -2.11. The van der Waals surface area contributed by atoms with Crippen LogP contribution < -0.4 is 5.32 Å². The summed E-state index contributed by atoms with van der Waals surface area (Å²) in [5.41, 5.74) is 2.18. The third-order valence-electron chi connectivity index (χ3n) is 3.35. The maximum absolute atomic E-state index is 12.7. The predicted octanol–water partition coefficient (Wildman–Crippen LogP) is 6.05. The van der Waals surface area contributed by atoms with Crippen LogP contribution in [0.25, 0.3) is 0 Å². The van der Waals surface area contributed by atoms with E-state index in [1.165, 1.54) is 0 Å². The number of carbonyl (C=O) groups excluding carboxylic acids is 1. The summed E-state index contributed by atoms with van der Waals surface area (Å²) in [6.45, 7) is 1.88. The van der Waals surface area contributed by atoms with Crippen LogP contribution in [-0.2, 0) is 5.75 Å². The molecule has 0 saturated heterocycles. The fourth-order valence-corrected chi connectivity index (χ4v) is 3.83. The van der Waals surface area contributed by atoms with Crippen LogP contribution in [0.1, 0.15) is 21.8 Å². The Labute approximate surface area is 166 Å². The van der Waals surface area contributed by atoms with Gasteiger partial charge in [0.15, 0.2) is 0 Å². The SMILES string of the molecule is Cc1cc(CSc2ccccc2C(=O)Nc2cc(Br)ccc2Br)on1. The van der Waals surface area contributed by atoms with Gasteiger partial charge in [0.1, 0.15) is 5.76 Å². The molecule has 0 aliphatic heterocycles. The Hall–Kier alpha value is -1.57. The van der Waals surface area contributed by atoms with Crippen LogP contribution in [0.2, 0.25) is 0 Å². The number of carbonyl (C=O) groups is 1. The molecule has 3 rings (SSSR count). The van der Waals surface area contributed by atoms with E-state index in [1.807, 2.05) is 55.5 Å². The van der Waals surface area contributed by atoms with E-state index in [9.17, 15) is 4.79 Å². The van der Waals surface area contributed by atoms with E-state index >= 15 is 0 Å². The van der Waals surface area contributed by atoms with Gasteiger partial charge in [-0.25, -0.2) is 0 Å². The van der Waals surface area contributed by atoms with Crippen LogP contribution in [0, 0.1) is 6.92 Å². The smallest absolute Gasteiger partial charge is 0.256 e. The molecule has 3 aromatic rings. The normalized spacial score (nSPS) is 10.7. The number of aromatic nitrogens is 1. The third kappa shape index (κ3) is 4.74. The zero-order valence-corrected chi connectivity index (χ0v) is 17.2. The second-order valence-electron chi connectivity index (χ2n) is 5.30. The molecule has 0 saturated carbocycles. The average Bonchev–Trinajstić information content (AvgIpc) is 3.02. The molecule has 1 N–H and O–H groups in total. The van der Waals surface area contributed by atoms with Crippen LogP contribution in [0.5, 0.6) is 0 Å². The lowest BCUT2D eigenvalue weighted by atomic mass is 10.2. The molecule has 7 heteroatoms. The lowest BCUT2D eigenvalue weighted by molar-refractivity contribution is 0.102. The van der Waals surface area contributed by atoms with Crippen molar-refractivity contribution in [1.29, 1.82) is 0 Å². The second-order valence-corrected chi connectivity index (χ2v) is 8.08. The number of rotatable bonds is 5. The maximum atomic E-state index is 12.7. The number of nitrogens with zero attached hydrogens (tertiary/aromatic N) is 1. The molecule has 1 amide bonds. The summed E-state index contributed by atoms with van der Waals surface area (Å²) < 4.78 is 6.95. The number of aryl methyl sites for hydroxylation is 1. The van der Waals surface area contributed by atoms with Gasteiger partial charge in [-0.3, -0.25) is 4.79 Å². The Morgan fingerprint density at radius 1 is 1.20 bits per heavy atom. The van der Waals surface area contributed by atoms with Gasteiger partial charge in [-0.15, -0.1) is 11.8 Å². The molecule has 128 valence electrons. The highest BCUT2D eigenvalue weighted by Crippen LogP contribution is 2.30. The van der Waals surface area contributed by atoms with Crippen molar-refractivity contribution in [2.75, 3.05) is 5.32 Å². The Bertz CT molecular complexity index is 912. The van der Waals surface area contributed by atoms with Crippen molar-refractivity contribution in [1.82, 2.24) is 5.16 Å². The molecule has 0 atom stereocenters. The Morgan fingerprint density at radius 2 is 2.00 bits per heavy atom. The van der Waals surface area contributed by atoms with Gasteiger partial charge >= 0.3 is 0 Å². The van der Waals surface area contributed by atoms with Gasteiger partial charge in [-0.1, -0.05) is 33.2 Å². The maximum Gasteiger partial charge on any atom is 0.256 e. The molecule has 4 nitrogen and oxygen atoms in total. The number of anilines is 1. The van der Waals surface area contributed by atoms with Crippen LogP contribution in [0.3, 0.4) is 0 Å². The molecule has 0 aliphatic carbocycles. The summed E-state index contributed by atoms with van der Waals surface area (Å²) in [5, 5.41) is 6.83. The first-order chi connectivity index (χ1) is 12.0. The lowest BCUT2D eigenvalue weighted by Crippen LogP contribution is -2.13. The van der Waals surface area contributed by atoms with Crippen molar-refractivity contribution in [3.8, 4) is 0 Å². The summed E-state index contributed by atoms with van der Waals surface area (Å²) in [5.74, 6) is 1.24. The van der Waals surface area contributed by atoms with E-state index in [1.54, 1.807) is 11.8 Å². The number of halogens is 2. The molecule has 1 aromatic heterocycles. The van der Waals surface area contributed by atoms with E-state index in [0.29, 0.717) is 17.0 Å². The van der Waals surface area contributed by atoms with E-state index in [2.05, 4.69) is 42.3 Å². The number of benzene rings is 2. The van der Waals surface area contributed by atoms with Gasteiger partial charge in [0.2, 0.25) is 0 Å². The first-order valence-corrected chi connectivity index (χ1v) is 10.0. The summed E-state index contributed by atoms with van der Waals surface area (Å²) in [4.78, 5) is 13.6. The van der Waals surface area contributed by atoms with Gasteiger partial charge in [0, 0.05) is 19.9 Å². The van der Waals surface area contributed by atoms with Crippen LogP contribution in [0.15, 0.2) is 66.9 Å². The van der Waals surface area contributed by atoms with Crippen molar-refractivity contribution >= 4 is 55.2 Å². The first-order valence-electron chi connectivity index (χ1n) is 7.43. The zero-order valence-electron chi connectivity index (χ0n) is 13.3. The number of hydrogen-bond acceptors (Lipinski definition) is 4. The van der Waals surface area contributed by atoms with E-state index < -0.39 is 0 Å². The molecule has 0 spiro atoms. The van der Waals surface area contributed by atoms with Crippen molar-refractivity contribution in [3.05, 3.63) is 74.5 Å². The van der Waals surface area contributed by atoms with Gasteiger partial charge in [-0.2, -0.15) is 0 Å². The summed E-state index contributed by atoms with van der Waals surface area (Å²) in [7, 11) is 0. The third-order valence-corrected chi connectivity index (χ3v) is 5.64. The van der Waals surface area contributed by atoms with Gasteiger partial charge in [0.25, 0.3) is 5.91 Å². The quantitative estimate of drug-likeness (QED) is 0.450. The molecule has 0 bridgehead atoms. The molecule has 0 unspecified atom stereocenters. The zero-order chi connectivity index (χ0) is 17.8. The fraction of sp³-hybridized carbons (Fsp3) is 0.111. The monoisotopic (exact) mass is 480 g/mol. The Balaban J connectivity index is 1.77. The van der Waals surface area contributed by atoms with Crippen molar-refractivity contribution in [2.24, 2.45) is 0 Å². The first kappa shape index (κ1) is 18.2. The Kier molecular flexibility index (Phi) is 5.98. The highest BCUT2D eigenvalue weighted by Gasteiger charge is 2.14. The predicted molar refractivity (Wildman–Crippen MR) is 107 cm³/mol. The molecule has 0 radical (unpaired) electrons. The minimum atomic E-state index is -0.157. The van der Waals surface area contributed by atoms with Crippen molar-refractivity contribution in [2.45, 2.75) is 17.6 Å². The number of nitrogens with one attached hydrogen (secondary N) is 1. The highest BCUT2D eigenvalue weighted by atomic mass is 79.9. The van der Waals surface area contributed by atoms with Crippen molar-refractivity contribution < 1.29 is 9.32 Å². The van der Waals surface area contributed by atoms with Crippen molar-refractivity contribution in [3.63, 3.8) is 0 Å². The molecular formula is C18H14Br2N2O2S. The topological polar surface area (TPSA) is 55.1 Å². The van der Waals surface area contributed by atoms with Gasteiger partial charge in [0.05, 0.1) is 22.7 Å². The van der Waals surface area contributed by atoms with E-state index in [4.69, 9.17) is 4.52 Å². The van der Waals surface area contributed by atoms with Gasteiger partial charge in [-0.05, 0) is 53.2 Å². The molecule has 1 heterocycles. The minimum Gasteiger partial charge on any atom is -0.360 e. The molecule has 2 aromatic carbocycles. The van der Waals surface area contributed by atoms with E-state index in [0.717, 1.165) is 25.3 Å². The largest absolute Gasteiger partial charge is 0.360 e. The molecule has 0 fully saturated rings. The summed E-state index contributed by atoms with van der Waals surface area (Å²) in [6, 6.07) is 15.1.